The summed E-state index contributed by atoms with van der Waals surface area (Å²) in [4.78, 5) is 37.3. The zero-order valence-corrected chi connectivity index (χ0v) is 16.2. The molecule has 3 aromatic rings. The van der Waals surface area contributed by atoms with Gasteiger partial charge in [-0.15, -0.1) is 22.7 Å². The Hall–Kier alpha value is -2.58. The second-order valence-electron chi connectivity index (χ2n) is 5.85. The Morgan fingerprint density at radius 2 is 1.93 bits per heavy atom. The molecule has 2 heterocycles. The predicted molar refractivity (Wildman–Crippen MR) is 103 cm³/mol. The van der Waals surface area contributed by atoms with E-state index in [0.29, 0.717) is 21.5 Å². The van der Waals surface area contributed by atoms with Gasteiger partial charge in [-0.3, -0.25) is 9.59 Å². The van der Waals surface area contributed by atoms with Crippen molar-refractivity contribution in [2.75, 3.05) is 0 Å². The Bertz CT molecular complexity index is 1020. The molecular formula is C19H16FNO4S2. The van der Waals surface area contributed by atoms with E-state index < -0.39 is 17.9 Å². The topological polar surface area (TPSA) is 72.5 Å². The number of hydrogen-bond acceptors (Lipinski definition) is 6. The van der Waals surface area contributed by atoms with Gasteiger partial charge in [0.1, 0.15) is 10.7 Å². The van der Waals surface area contributed by atoms with Gasteiger partial charge >= 0.3 is 5.97 Å². The number of amides is 1. The fourth-order valence-corrected chi connectivity index (χ4v) is 4.34. The number of thiophene rings is 2. The molecular weight excluding hydrogens is 389 g/mol. The van der Waals surface area contributed by atoms with Gasteiger partial charge in [0.15, 0.2) is 6.10 Å². The fraction of sp³-hybridized carbons (Fsp3) is 0.211. The van der Waals surface area contributed by atoms with E-state index in [2.05, 4.69) is 5.32 Å². The summed E-state index contributed by atoms with van der Waals surface area (Å²) in [5.74, 6) is -1.54. The molecule has 0 aliphatic rings. The second kappa shape index (κ2) is 7.98. The molecule has 1 atom stereocenters. The lowest BCUT2D eigenvalue weighted by atomic mass is 10.2. The molecule has 0 saturated heterocycles. The van der Waals surface area contributed by atoms with Crippen LogP contribution in [-0.2, 0) is 16.1 Å². The van der Waals surface area contributed by atoms with Crippen molar-refractivity contribution in [2.24, 2.45) is 0 Å². The number of hydrogen-bond donors (Lipinski definition) is 1. The van der Waals surface area contributed by atoms with Gasteiger partial charge in [0.05, 0.1) is 11.4 Å². The highest BCUT2D eigenvalue weighted by molar-refractivity contribution is 7.20. The third kappa shape index (κ3) is 4.40. The summed E-state index contributed by atoms with van der Waals surface area (Å²) in [6, 6.07) is 9.44. The van der Waals surface area contributed by atoms with Gasteiger partial charge < -0.3 is 10.1 Å². The van der Waals surface area contributed by atoms with E-state index in [4.69, 9.17) is 4.74 Å². The van der Waals surface area contributed by atoms with Gasteiger partial charge in [-0.25, -0.2) is 9.18 Å². The molecule has 0 spiro atoms. The van der Waals surface area contributed by atoms with E-state index in [1.807, 2.05) is 0 Å². The first-order valence-corrected chi connectivity index (χ1v) is 9.75. The second-order valence-corrected chi connectivity index (χ2v) is 8.10. The smallest absolute Gasteiger partial charge is 0.349 e. The molecule has 0 saturated carbocycles. The summed E-state index contributed by atoms with van der Waals surface area (Å²) in [6.45, 7) is 3.26. The number of rotatable bonds is 6. The first kappa shape index (κ1) is 19.2. The van der Waals surface area contributed by atoms with Crippen LogP contribution in [0.3, 0.4) is 0 Å². The Kier molecular flexibility index (Phi) is 5.67. The summed E-state index contributed by atoms with van der Waals surface area (Å²) in [7, 11) is 0. The minimum absolute atomic E-state index is 0.154. The van der Waals surface area contributed by atoms with Crippen LogP contribution in [0.15, 0.2) is 36.4 Å². The third-order valence-corrected chi connectivity index (χ3v) is 5.96. The highest BCUT2D eigenvalue weighted by Crippen LogP contribution is 2.28. The van der Waals surface area contributed by atoms with Crippen LogP contribution >= 0.6 is 22.7 Å². The Morgan fingerprint density at radius 3 is 2.63 bits per heavy atom. The van der Waals surface area contributed by atoms with Gasteiger partial charge in [-0.2, -0.15) is 0 Å². The van der Waals surface area contributed by atoms with Gasteiger partial charge in [-0.05, 0) is 37.3 Å². The number of Topliss-reactive ketones (excluding diaryl/α,β-unsaturated/α-hetero) is 1. The lowest BCUT2D eigenvalue weighted by Gasteiger charge is -2.10. The summed E-state index contributed by atoms with van der Waals surface area (Å²) < 4.78 is 19.7. The molecule has 5 nitrogen and oxygen atoms in total. The molecule has 3 rings (SSSR count). The van der Waals surface area contributed by atoms with E-state index in [1.54, 1.807) is 24.3 Å². The van der Waals surface area contributed by atoms with Crippen LogP contribution in [0.4, 0.5) is 4.39 Å². The van der Waals surface area contributed by atoms with Crippen molar-refractivity contribution in [1.29, 1.82) is 0 Å². The van der Waals surface area contributed by atoms with Crippen LogP contribution in [0.25, 0.3) is 10.1 Å². The van der Waals surface area contributed by atoms with Crippen LogP contribution in [0.1, 0.15) is 38.1 Å². The molecule has 0 aliphatic heterocycles. The Labute approximate surface area is 162 Å². The van der Waals surface area contributed by atoms with E-state index in [-0.39, 0.29) is 16.6 Å². The number of nitrogens with one attached hydrogen (secondary N) is 1. The maximum atomic E-state index is 13.8. The summed E-state index contributed by atoms with van der Waals surface area (Å²) in [6.07, 6.45) is -0.972. The van der Waals surface area contributed by atoms with E-state index in [1.165, 1.54) is 37.3 Å². The van der Waals surface area contributed by atoms with Crippen LogP contribution in [0, 0.1) is 5.82 Å². The molecule has 8 heteroatoms. The third-order valence-electron chi connectivity index (χ3n) is 3.78. The molecule has 140 valence electrons. The number of halogens is 1. The Morgan fingerprint density at radius 1 is 1.15 bits per heavy atom. The van der Waals surface area contributed by atoms with Gasteiger partial charge in [0.2, 0.25) is 11.7 Å². The van der Waals surface area contributed by atoms with Crippen molar-refractivity contribution in [1.82, 2.24) is 5.32 Å². The maximum Gasteiger partial charge on any atom is 0.349 e. The molecule has 1 N–H and O–H groups in total. The van der Waals surface area contributed by atoms with E-state index in [9.17, 15) is 18.8 Å². The number of benzene rings is 1. The van der Waals surface area contributed by atoms with E-state index >= 15 is 0 Å². The first-order chi connectivity index (χ1) is 12.8. The monoisotopic (exact) mass is 405 g/mol. The number of ketones is 1. The molecule has 1 unspecified atom stereocenters. The molecule has 0 aliphatic carbocycles. The molecule has 0 fully saturated rings. The highest BCUT2D eigenvalue weighted by atomic mass is 32.1. The minimum atomic E-state index is -0.972. The highest BCUT2D eigenvalue weighted by Gasteiger charge is 2.23. The number of fused-ring (bicyclic) bond motifs is 1. The number of carbonyl (C=O) groups is 3. The molecule has 0 radical (unpaired) electrons. The van der Waals surface area contributed by atoms with Crippen molar-refractivity contribution < 1.29 is 23.5 Å². The van der Waals surface area contributed by atoms with Crippen LogP contribution in [-0.4, -0.2) is 23.8 Å². The zero-order chi connectivity index (χ0) is 19.6. The standard InChI is InChI=1S/C19H16FNO4S2/c1-10(18(23)16-7-6-12(26-16)9-21-11(2)22)25-19(24)17-8-13-14(20)4-3-5-15(13)27-17/h3-8,10H,9H2,1-2H3,(H,21,22). The van der Waals surface area contributed by atoms with Crippen LogP contribution in [0.5, 0.6) is 0 Å². The average molecular weight is 405 g/mol. The van der Waals surface area contributed by atoms with Crippen molar-refractivity contribution in [2.45, 2.75) is 26.5 Å². The Balaban J connectivity index is 1.67. The largest absolute Gasteiger partial charge is 0.450 e. The van der Waals surface area contributed by atoms with E-state index in [0.717, 1.165) is 16.2 Å². The normalized spacial score (nSPS) is 12.0. The molecule has 1 aromatic carbocycles. The fourth-order valence-electron chi connectivity index (χ4n) is 2.42. The van der Waals surface area contributed by atoms with Crippen molar-refractivity contribution in [3.63, 3.8) is 0 Å². The molecule has 1 amide bonds. The minimum Gasteiger partial charge on any atom is -0.450 e. The van der Waals surface area contributed by atoms with Crippen LogP contribution < -0.4 is 5.32 Å². The zero-order valence-electron chi connectivity index (χ0n) is 14.6. The summed E-state index contributed by atoms with van der Waals surface area (Å²) in [5.41, 5.74) is 0. The molecule has 0 bridgehead atoms. The van der Waals surface area contributed by atoms with Crippen molar-refractivity contribution >= 4 is 50.4 Å². The predicted octanol–water partition coefficient (Wildman–Crippen LogP) is 4.17. The average Bonchev–Trinajstić information content (AvgIpc) is 3.27. The van der Waals surface area contributed by atoms with Gasteiger partial charge in [0.25, 0.3) is 0 Å². The first-order valence-electron chi connectivity index (χ1n) is 8.11. The molecule has 27 heavy (non-hydrogen) atoms. The number of carbonyl (C=O) groups excluding carboxylic acids is 3. The lowest BCUT2D eigenvalue weighted by molar-refractivity contribution is -0.119. The summed E-state index contributed by atoms with van der Waals surface area (Å²) in [5, 5.41) is 3.02. The summed E-state index contributed by atoms with van der Waals surface area (Å²) >= 11 is 2.36. The quantitative estimate of drug-likeness (QED) is 0.494. The van der Waals surface area contributed by atoms with Gasteiger partial charge in [-0.1, -0.05) is 6.07 Å². The van der Waals surface area contributed by atoms with Crippen molar-refractivity contribution in [3.8, 4) is 0 Å². The van der Waals surface area contributed by atoms with Crippen LogP contribution in [0.2, 0.25) is 0 Å². The lowest BCUT2D eigenvalue weighted by Crippen LogP contribution is -2.23. The SMILES string of the molecule is CC(=O)NCc1ccc(C(=O)C(C)OC(=O)c2cc3c(F)cccc3s2)s1. The number of ether oxygens (including phenoxy) is 1. The van der Waals surface area contributed by atoms with Gasteiger partial charge in [0, 0.05) is 21.9 Å². The maximum absolute atomic E-state index is 13.8. The molecule has 2 aromatic heterocycles. The van der Waals surface area contributed by atoms with Crippen molar-refractivity contribution in [3.05, 3.63) is 56.8 Å². The number of esters is 1.